The molecule has 21 heavy (non-hydrogen) atoms. The van der Waals surface area contributed by atoms with Gasteiger partial charge in [0, 0.05) is 38.9 Å². The molecule has 0 saturated carbocycles. The van der Waals surface area contributed by atoms with Crippen molar-refractivity contribution in [3.63, 3.8) is 0 Å². The summed E-state index contributed by atoms with van der Waals surface area (Å²) in [5, 5.41) is 9.51. The van der Waals surface area contributed by atoms with Gasteiger partial charge in [-0.3, -0.25) is 4.90 Å². The largest absolute Gasteiger partial charge is 0.369 e. The van der Waals surface area contributed by atoms with E-state index in [0.717, 1.165) is 31.9 Å². The van der Waals surface area contributed by atoms with Gasteiger partial charge in [-0.15, -0.1) is 0 Å². The third-order valence-electron chi connectivity index (χ3n) is 4.06. The van der Waals surface area contributed by atoms with Crippen molar-refractivity contribution < 1.29 is 0 Å². The molecule has 1 aliphatic heterocycles. The highest BCUT2D eigenvalue weighted by molar-refractivity contribution is 5.46. The number of aryl methyl sites for hydroxylation is 1. The Hall–Kier alpha value is -2.32. The van der Waals surface area contributed by atoms with Crippen molar-refractivity contribution in [2.45, 2.75) is 6.04 Å². The Balaban J connectivity index is 1.68. The Morgan fingerprint density at radius 1 is 1.14 bits per heavy atom. The van der Waals surface area contributed by atoms with Crippen molar-refractivity contribution in [1.29, 1.82) is 5.26 Å². The maximum absolute atomic E-state index is 9.51. The summed E-state index contributed by atoms with van der Waals surface area (Å²) in [7, 11) is 1.94. The first-order valence-electron chi connectivity index (χ1n) is 7.19. The van der Waals surface area contributed by atoms with Crippen molar-refractivity contribution in [3.8, 4) is 6.07 Å². The number of benzene rings is 1. The number of imidazole rings is 1. The first-order chi connectivity index (χ1) is 10.3. The Kier molecular flexibility index (Phi) is 3.89. The predicted octanol–water partition coefficient (Wildman–Crippen LogP) is 1.81. The molecule has 0 spiro atoms. The second kappa shape index (κ2) is 5.98. The highest BCUT2D eigenvalue weighted by atomic mass is 15.3. The van der Waals surface area contributed by atoms with Crippen LogP contribution in [0.3, 0.4) is 0 Å². The van der Waals surface area contributed by atoms with Crippen LogP contribution in [0.2, 0.25) is 0 Å². The van der Waals surface area contributed by atoms with Gasteiger partial charge in [-0.1, -0.05) is 18.2 Å². The molecule has 0 aliphatic carbocycles. The maximum Gasteiger partial charge on any atom is 0.140 e. The fraction of sp³-hybridized carbons (Fsp3) is 0.375. The first-order valence-corrected chi connectivity index (χ1v) is 7.19. The van der Waals surface area contributed by atoms with E-state index in [1.54, 1.807) is 12.5 Å². The summed E-state index contributed by atoms with van der Waals surface area (Å²) in [4.78, 5) is 8.72. The Morgan fingerprint density at radius 2 is 1.86 bits per heavy atom. The first kappa shape index (κ1) is 13.7. The minimum absolute atomic E-state index is 0.213. The summed E-state index contributed by atoms with van der Waals surface area (Å²) in [5.41, 5.74) is 2.22. The average molecular weight is 281 g/mol. The molecule has 0 N–H and O–H groups in total. The molecule has 1 aromatic heterocycles. The Bertz CT molecular complexity index is 620. The SMILES string of the molecule is Cn1cncc1C(C#N)N1CCN(c2ccccc2)CC1. The summed E-state index contributed by atoms with van der Waals surface area (Å²) in [5.74, 6) is 0. The van der Waals surface area contributed by atoms with Crippen LogP contribution < -0.4 is 4.90 Å². The van der Waals surface area contributed by atoms with Gasteiger partial charge >= 0.3 is 0 Å². The molecule has 0 bridgehead atoms. The highest BCUT2D eigenvalue weighted by Gasteiger charge is 2.26. The van der Waals surface area contributed by atoms with Gasteiger partial charge < -0.3 is 9.47 Å². The summed E-state index contributed by atoms with van der Waals surface area (Å²) in [6.07, 6.45) is 3.54. The minimum Gasteiger partial charge on any atom is -0.369 e. The van der Waals surface area contributed by atoms with Crippen LogP contribution in [0.1, 0.15) is 11.7 Å². The van der Waals surface area contributed by atoms with E-state index in [0.29, 0.717) is 0 Å². The van der Waals surface area contributed by atoms with E-state index >= 15 is 0 Å². The van der Waals surface area contributed by atoms with Crippen molar-refractivity contribution >= 4 is 5.69 Å². The van der Waals surface area contributed by atoms with Crippen LogP contribution in [-0.4, -0.2) is 40.6 Å². The Morgan fingerprint density at radius 3 is 2.43 bits per heavy atom. The summed E-state index contributed by atoms with van der Waals surface area (Å²) in [6.45, 7) is 3.66. The zero-order chi connectivity index (χ0) is 14.7. The van der Waals surface area contributed by atoms with Crippen molar-refractivity contribution in [2.75, 3.05) is 31.1 Å². The average Bonchev–Trinajstić information content (AvgIpc) is 2.96. The number of nitrogens with zero attached hydrogens (tertiary/aromatic N) is 5. The van der Waals surface area contributed by atoms with Gasteiger partial charge in [0.1, 0.15) is 6.04 Å². The molecular weight excluding hydrogens is 262 g/mol. The topological polar surface area (TPSA) is 48.1 Å². The van der Waals surface area contributed by atoms with E-state index in [1.165, 1.54) is 5.69 Å². The number of piperazine rings is 1. The molecule has 1 aromatic carbocycles. The normalized spacial score (nSPS) is 17.4. The molecule has 1 saturated heterocycles. The molecular formula is C16H19N5. The van der Waals surface area contributed by atoms with E-state index in [2.05, 4.69) is 45.1 Å². The standard InChI is InChI=1S/C16H19N5/c1-19-13-18-12-16(19)15(11-17)21-9-7-20(8-10-21)14-5-3-2-4-6-14/h2-6,12-13,15H,7-10H2,1H3. The number of hydrogen-bond donors (Lipinski definition) is 0. The second-order valence-corrected chi connectivity index (χ2v) is 5.32. The summed E-state index contributed by atoms with van der Waals surface area (Å²) in [6, 6.07) is 12.6. The number of para-hydroxylation sites is 1. The molecule has 0 radical (unpaired) electrons. The van der Waals surface area contributed by atoms with Crippen LogP contribution >= 0.6 is 0 Å². The van der Waals surface area contributed by atoms with Gasteiger partial charge in [0.05, 0.1) is 24.3 Å². The fourth-order valence-corrected chi connectivity index (χ4v) is 2.84. The molecule has 1 unspecified atom stereocenters. The molecule has 1 fully saturated rings. The number of rotatable bonds is 3. The van der Waals surface area contributed by atoms with Crippen LogP contribution in [0.5, 0.6) is 0 Å². The molecule has 5 heteroatoms. The zero-order valence-corrected chi connectivity index (χ0v) is 12.2. The molecule has 108 valence electrons. The summed E-state index contributed by atoms with van der Waals surface area (Å²) < 4.78 is 1.93. The zero-order valence-electron chi connectivity index (χ0n) is 12.2. The van der Waals surface area contributed by atoms with Gasteiger partial charge in [-0.05, 0) is 12.1 Å². The fourth-order valence-electron chi connectivity index (χ4n) is 2.84. The summed E-state index contributed by atoms with van der Waals surface area (Å²) >= 11 is 0. The van der Waals surface area contributed by atoms with Gasteiger partial charge in [0.15, 0.2) is 0 Å². The molecule has 1 atom stereocenters. The van der Waals surface area contributed by atoms with Gasteiger partial charge in [0.2, 0.25) is 0 Å². The van der Waals surface area contributed by atoms with Gasteiger partial charge in [0.25, 0.3) is 0 Å². The lowest BCUT2D eigenvalue weighted by Gasteiger charge is -2.38. The van der Waals surface area contributed by atoms with Gasteiger partial charge in [-0.25, -0.2) is 4.98 Å². The maximum atomic E-state index is 9.51. The number of hydrogen-bond acceptors (Lipinski definition) is 4. The second-order valence-electron chi connectivity index (χ2n) is 5.32. The van der Waals surface area contributed by atoms with Crippen LogP contribution in [-0.2, 0) is 7.05 Å². The molecule has 0 amide bonds. The molecule has 1 aliphatic rings. The highest BCUT2D eigenvalue weighted by Crippen LogP contribution is 2.23. The predicted molar refractivity (Wildman–Crippen MR) is 81.8 cm³/mol. The number of nitriles is 1. The van der Waals surface area contributed by atoms with E-state index in [4.69, 9.17) is 0 Å². The van der Waals surface area contributed by atoms with Crippen LogP contribution in [0.15, 0.2) is 42.9 Å². The number of anilines is 1. The lowest BCUT2D eigenvalue weighted by molar-refractivity contribution is 0.216. The molecule has 2 heterocycles. The van der Waals surface area contributed by atoms with Crippen molar-refractivity contribution in [3.05, 3.63) is 48.5 Å². The van der Waals surface area contributed by atoms with E-state index in [-0.39, 0.29) is 6.04 Å². The van der Waals surface area contributed by atoms with Crippen LogP contribution in [0.25, 0.3) is 0 Å². The van der Waals surface area contributed by atoms with E-state index in [9.17, 15) is 5.26 Å². The van der Waals surface area contributed by atoms with Crippen LogP contribution in [0, 0.1) is 11.3 Å². The van der Waals surface area contributed by atoms with E-state index < -0.39 is 0 Å². The Labute approximate surface area is 125 Å². The molecule has 2 aromatic rings. The lowest BCUT2D eigenvalue weighted by atomic mass is 10.1. The minimum atomic E-state index is -0.213. The van der Waals surface area contributed by atoms with Crippen molar-refractivity contribution in [1.82, 2.24) is 14.5 Å². The quantitative estimate of drug-likeness (QED) is 0.861. The third-order valence-corrected chi connectivity index (χ3v) is 4.06. The van der Waals surface area contributed by atoms with Crippen LogP contribution in [0.4, 0.5) is 5.69 Å². The van der Waals surface area contributed by atoms with Gasteiger partial charge in [-0.2, -0.15) is 5.26 Å². The molecule has 5 nitrogen and oxygen atoms in total. The lowest BCUT2D eigenvalue weighted by Crippen LogP contribution is -2.47. The third kappa shape index (κ3) is 2.76. The monoisotopic (exact) mass is 281 g/mol. The van der Waals surface area contributed by atoms with Crippen molar-refractivity contribution in [2.24, 2.45) is 7.05 Å². The smallest absolute Gasteiger partial charge is 0.140 e. The van der Waals surface area contributed by atoms with E-state index in [1.807, 2.05) is 17.7 Å². The number of aromatic nitrogens is 2. The molecule has 3 rings (SSSR count).